The summed E-state index contributed by atoms with van der Waals surface area (Å²) in [6.07, 6.45) is 5.08. The Morgan fingerprint density at radius 3 is 2.59 bits per heavy atom. The van der Waals surface area contributed by atoms with E-state index < -0.39 is 11.7 Å². The number of rotatable bonds is 10. The molecule has 6 rings (SSSR count). The molecule has 0 unspecified atom stereocenters. The fraction of sp³-hybridized carbons (Fsp3) is 0.278. The summed E-state index contributed by atoms with van der Waals surface area (Å²) >= 11 is 0. The molecule has 0 aliphatic carbocycles. The normalized spacial score (nSPS) is 13.9. The van der Waals surface area contributed by atoms with Crippen LogP contribution in [0, 0.1) is 18.7 Å². The van der Waals surface area contributed by atoms with Crippen LogP contribution >= 0.6 is 0 Å². The van der Waals surface area contributed by atoms with Gasteiger partial charge in [-0.1, -0.05) is 25.1 Å². The molecule has 0 bridgehead atoms. The van der Waals surface area contributed by atoms with Gasteiger partial charge in [-0.3, -0.25) is 14.6 Å². The smallest absolute Gasteiger partial charge is 0.276 e. The second-order valence-corrected chi connectivity index (χ2v) is 11.7. The number of fused-ring (bicyclic) bond motifs is 1. The maximum absolute atomic E-state index is 15.2. The zero-order valence-corrected chi connectivity index (χ0v) is 25.9. The van der Waals surface area contributed by atoms with E-state index in [9.17, 15) is 9.59 Å². The number of pyridine rings is 1. The van der Waals surface area contributed by atoms with Crippen LogP contribution in [-0.2, 0) is 0 Å². The molecule has 3 aromatic carbocycles. The molecule has 1 saturated heterocycles. The third kappa shape index (κ3) is 7.24. The van der Waals surface area contributed by atoms with Crippen molar-refractivity contribution >= 4 is 22.5 Å². The van der Waals surface area contributed by atoms with Crippen molar-refractivity contribution in [2.45, 2.75) is 33.1 Å². The Kier molecular flexibility index (Phi) is 9.35. The Morgan fingerprint density at radius 1 is 1.00 bits per heavy atom. The number of anilines is 1. The van der Waals surface area contributed by atoms with E-state index in [1.807, 2.05) is 24.3 Å². The molecule has 0 spiro atoms. The number of para-hydroxylation sites is 1. The van der Waals surface area contributed by atoms with Crippen LogP contribution in [0.5, 0.6) is 17.2 Å². The van der Waals surface area contributed by atoms with Gasteiger partial charge in [-0.05, 0) is 93.2 Å². The summed E-state index contributed by atoms with van der Waals surface area (Å²) in [7, 11) is 0. The predicted octanol–water partition coefficient (Wildman–Crippen LogP) is 6.77. The Balaban J connectivity index is 1.10. The molecule has 236 valence electrons. The molecule has 2 aromatic heterocycles. The summed E-state index contributed by atoms with van der Waals surface area (Å²) in [6.45, 7) is 7.91. The number of amides is 1. The van der Waals surface area contributed by atoms with E-state index in [0.717, 1.165) is 42.4 Å². The Morgan fingerprint density at radius 2 is 1.80 bits per heavy atom. The van der Waals surface area contributed by atoms with Crippen molar-refractivity contribution in [2.24, 2.45) is 5.92 Å². The number of likely N-dealkylation sites (tertiary alicyclic amines) is 1. The van der Waals surface area contributed by atoms with E-state index in [1.165, 1.54) is 31.0 Å². The van der Waals surface area contributed by atoms with Crippen LogP contribution in [-0.4, -0.2) is 51.8 Å². The first-order chi connectivity index (χ1) is 22.3. The van der Waals surface area contributed by atoms with Crippen molar-refractivity contribution < 1.29 is 18.7 Å². The lowest BCUT2D eigenvalue weighted by atomic mass is 9.99. The molecule has 9 nitrogen and oxygen atoms in total. The molecular weight excluding hydrogens is 585 g/mol. The summed E-state index contributed by atoms with van der Waals surface area (Å²) in [6, 6.07) is 21.6. The second-order valence-electron chi connectivity index (χ2n) is 11.7. The number of carbonyl (C=O) groups excluding carboxylic acids is 1. The quantitative estimate of drug-likeness (QED) is 0.172. The van der Waals surface area contributed by atoms with Gasteiger partial charge in [-0.15, -0.1) is 0 Å². The van der Waals surface area contributed by atoms with Crippen molar-refractivity contribution in [1.82, 2.24) is 19.7 Å². The van der Waals surface area contributed by atoms with Crippen LogP contribution in [0.1, 0.15) is 42.2 Å². The van der Waals surface area contributed by atoms with Crippen molar-refractivity contribution in [3.05, 3.63) is 112 Å². The zero-order chi connectivity index (χ0) is 32.0. The van der Waals surface area contributed by atoms with E-state index in [-0.39, 0.29) is 22.7 Å². The van der Waals surface area contributed by atoms with Gasteiger partial charge < -0.3 is 19.7 Å². The Bertz CT molecular complexity index is 1900. The predicted molar refractivity (Wildman–Crippen MR) is 176 cm³/mol. The first kappa shape index (κ1) is 30.9. The molecule has 1 N–H and O–H groups in total. The summed E-state index contributed by atoms with van der Waals surface area (Å²) in [4.78, 5) is 32.6. The van der Waals surface area contributed by atoms with Gasteiger partial charge >= 0.3 is 0 Å². The van der Waals surface area contributed by atoms with Gasteiger partial charge in [0.1, 0.15) is 11.5 Å². The van der Waals surface area contributed by atoms with E-state index in [4.69, 9.17) is 9.47 Å². The molecule has 1 amide bonds. The average molecular weight is 622 g/mol. The van der Waals surface area contributed by atoms with Gasteiger partial charge in [0.2, 0.25) is 0 Å². The minimum absolute atomic E-state index is 0.00938. The molecule has 0 atom stereocenters. The summed E-state index contributed by atoms with van der Waals surface area (Å²) < 4.78 is 28.3. The maximum atomic E-state index is 15.2. The van der Waals surface area contributed by atoms with Crippen molar-refractivity contribution in [2.75, 3.05) is 31.6 Å². The highest BCUT2D eigenvalue weighted by Crippen LogP contribution is 2.33. The lowest BCUT2D eigenvalue weighted by molar-refractivity contribution is 0.102. The fourth-order valence-electron chi connectivity index (χ4n) is 5.54. The zero-order valence-electron chi connectivity index (χ0n) is 25.9. The molecule has 5 aromatic rings. The van der Waals surface area contributed by atoms with Crippen LogP contribution in [0.25, 0.3) is 16.6 Å². The lowest BCUT2D eigenvalue weighted by Crippen LogP contribution is -2.34. The minimum atomic E-state index is -0.662. The topological polar surface area (TPSA) is 98.6 Å². The van der Waals surface area contributed by atoms with Gasteiger partial charge in [-0.2, -0.15) is 9.78 Å². The first-order valence-electron chi connectivity index (χ1n) is 15.5. The number of aromatic nitrogens is 3. The lowest BCUT2D eigenvalue weighted by Gasteiger charge is -2.30. The first-order valence-corrected chi connectivity index (χ1v) is 15.5. The minimum Gasteiger partial charge on any atom is -0.493 e. The number of nitrogens with one attached hydrogen (secondary N) is 1. The molecule has 1 fully saturated rings. The number of aryl methyl sites for hydroxylation is 1. The van der Waals surface area contributed by atoms with Gasteiger partial charge in [0.25, 0.3) is 11.5 Å². The van der Waals surface area contributed by atoms with Crippen molar-refractivity contribution in [3.63, 3.8) is 0 Å². The number of nitrogens with zero attached hydrogens (tertiary/aromatic N) is 4. The number of hydrogen-bond acceptors (Lipinski definition) is 7. The number of hydrogen-bond donors (Lipinski definition) is 1. The Hall–Kier alpha value is -5.09. The second kappa shape index (κ2) is 13.9. The standard InChI is InChI=1S/C36H36FN5O4/c1-24-14-18-41(19-15-24)17-6-20-45-28-10-11-29-31(23-28)38-16-13-32(29)46-33-12-9-26(22-30(33)37)39-36(44)35-25(2)21-34(43)42(40-35)27-7-4-3-5-8-27/h3-5,7-13,16,21-24H,6,14-15,17-20H2,1-2H3,(H,39,44). The molecule has 1 aliphatic heterocycles. The van der Waals surface area contributed by atoms with Gasteiger partial charge in [0.15, 0.2) is 17.3 Å². The van der Waals surface area contributed by atoms with Gasteiger partial charge in [0, 0.05) is 42.0 Å². The third-order valence-electron chi connectivity index (χ3n) is 8.19. The SMILES string of the molecule is Cc1cc(=O)n(-c2ccccc2)nc1C(=O)Nc1ccc(Oc2ccnc3cc(OCCCN4CCC(C)CC4)ccc23)c(F)c1. The molecule has 0 saturated carbocycles. The molecule has 1 aliphatic rings. The van der Waals surface area contributed by atoms with Crippen LogP contribution in [0.3, 0.4) is 0 Å². The van der Waals surface area contributed by atoms with E-state index in [2.05, 4.69) is 27.2 Å². The van der Waals surface area contributed by atoms with Gasteiger partial charge in [0.05, 0.1) is 17.8 Å². The number of ether oxygens (including phenoxy) is 2. The van der Waals surface area contributed by atoms with Crippen LogP contribution in [0.15, 0.2) is 89.9 Å². The number of halogens is 1. The van der Waals surface area contributed by atoms with Crippen LogP contribution in [0.2, 0.25) is 0 Å². The Labute approximate surface area is 266 Å². The average Bonchev–Trinajstić information content (AvgIpc) is 3.05. The van der Waals surface area contributed by atoms with E-state index in [1.54, 1.807) is 49.5 Å². The molecular formula is C36H36FN5O4. The molecule has 3 heterocycles. The van der Waals surface area contributed by atoms with Gasteiger partial charge in [-0.25, -0.2) is 4.39 Å². The molecule has 0 radical (unpaired) electrons. The fourth-order valence-corrected chi connectivity index (χ4v) is 5.54. The highest BCUT2D eigenvalue weighted by atomic mass is 19.1. The monoisotopic (exact) mass is 621 g/mol. The highest BCUT2D eigenvalue weighted by Gasteiger charge is 2.17. The summed E-state index contributed by atoms with van der Waals surface area (Å²) in [5.41, 5.74) is 1.50. The number of piperidine rings is 1. The van der Waals surface area contributed by atoms with Crippen molar-refractivity contribution in [1.29, 1.82) is 0 Å². The van der Waals surface area contributed by atoms with E-state index >= 15 is 4.39 Å². The highest BCUT2D eigenvalue weighted by molar-refractivity contribution is 6.03. The summed E-state index contributed by atoms with van der Waals surface area (Å²) in [5, 5.41) is 7.65. The molecule has 10 heteroatoms. The van der Waals surface area contributed by atoms with Crippen LogP contribution < -0.4 is 20.3 Å². The largest absolute Gasteiger partial charge is 0.493 e. The molecule has 46 heavy (non-hydrogen) atoms. The van der Waals surface area contributed by atoms with E-state index in [0.29, 0.717) is 34.5 Å². The number of carbonyl (C=O) groups is 1. The third-order valence-corrected chi connectivity index (χ3v) is 8.19. The number of benzene rings is 3. The maximum Gasteiger partial charge on any atom is 0.276 e. The van der Waals surface area contributed by atoms with Crippen molar-refractivity contribution in [3.8, 4) is 22.9 Å². The summed E-state index contributed by atoms with van der Waals surface area (Å²) in [5.74, 6) is 0.736. The van der Waals surface area contributed by atoms with Crippen LogP contribution in [0.4, 0.5) is 10.1 Å².